The van der Waals surface area contributed by atoms with Gasteiger partial charge in [-0.15, -0.1) is 0 Å². The van der Waals surface area contributed by atoms with Gasteiger partial charge in [0.25, 0.3) is 0 Å². The molecule has 2 saturated heterocycles. The van der Waals surface area contributed by atoms with Crippen molar-refractivity contribution in [3.05, 3.63) is 154 Å². The van der Waals surface area contributed by atoms with Crippen LogP contribution in [0.15, 0.2) is 126 Å². The van der Waals surface area contributed by atoms with E-state index in [0.717, 1.165) is 59.7 Å². The number of likely N-dealkylation sites (N-methyl/N-ethyl adjacent to an activating group) is 2. The Morgan fingerprint density at radius 2 is 1.37 bits per heavy atom. The minimum atomic E-state index is -1.02. The lowest BCUT2D eigenvalue weighted by Crippen LogP contribution is -2.76. The molecule has 0 amide bonds. The number of esters is 3. The van der Waals surface area contributed by atoms with Crippen LogP contribution in [-0.4, -0.2) is 115 Å². The smallest absolute Gasteiger partial charge is 0.336 e. The summed E-state index contributed by atoms with van der Waals surface area (Å²) < 4.78 is 22.9. The van der Waals surface area contributed by atoms with Crippen LogP contribution in [-0.2, 0) is 42.8 Å². The van der Waals surface area contributed by atoms with Gasteiger partial charge in [0.15, 0.2) is 23.4 Å². The molecule has 0 unspecified atom stereocenters. The van der Waals surface area contributed by atoms with Crippen LogP contribution in [0.3, 0.4) is 0 Å². The second-order valence-electron chi connectivity index (χ2n) is 25.0. The Hall–Kier alpha value is -6.18. The van der Waals surface area contributed by atoms with Crippen molar-refractivity contribution in [1.29, 1.82) is 0 Å². The predicted octanol–water partition coefficient (Wildman–Crippen LogP) is 12.1. The number of nitrogens with zero attached hydrogens (tertiary/aromatic N) is 3. The number of aliphatic hydroxyl groups is 1. The van der Waals surface area contributed by atoms with Crippen LogP contribution in [0.5, 0.6) is 23.0 Å². The largest absolute Gasteiger partial charge is 0.477 e. The van der Waals surface area contributed by atoms with Crippen molar-refractivity contribution in [2.75, 3.05) is 47.8 Å². The molecule has 81 heavy (non-hydrogen) atoms. The van der Waals surface area contributed by atoms with E-state index in [1.54, 1.807) is 24.3 Å². The average molecular weight is 1100 g/mol. The molecular weight excluding hydrogens is 1010 g/mol. The molecule has 1 N–H and O–H groups in total. The molecule has 3 heterocycles. The number of hydrogen-bond acceptors (Lipinski definition) is 12. The number of fused-ring (bicyclic) bond motifs is 1. The fourth-order valence-corrected chi connectivity index (χ4v) is 14.7. The minimum absolute atomic E-state index is 0.0211. The number of piperidine rings is 2. The highest BCUT2D eigenvalue weighted by Gasteiger charge is 2.73. The van der Waals surface area contributed by atoms with Gasteiger partial charge in [-0.2, -0.15) is 0 Å². The van der Waals surface area contributed by atoms with E-state index in [0.29, 0.717) is 72.0 Å². The van der Waals surface area contributed by atoms with Gasteiger partial charge in [-0.05, 0) is 205 Å². The number of hydrogen-bond donors (Lipinski definition) is 1. The number of ether oxygens (including phenoxy) is 4. The van der Waals surface area contributed by atoms with Gasteiger partial charge in [-0.25, -0.2) is 14.4 Å². The summed E-state index contributed by atoms with van der Waals surface area (Å²) in [6.45, 7) is 19.4. The summed E-state index contributed by atoms with van der Waals surface area (Å²) in [4.78, 5) is 56.3. The van der Waals surface area contributed by atoms with E-state index in [1.807, 2.05) is 97.1 Å². The molecule has 10 rings (SSSR count). The number of benzene rings is 3. The lowest BCUT2D eigenvalue weighted by Gasteiger charge is -2.61. The summed E-state index contributed by atoms with van der Waals surface area (Å²) in [6, 6.07) is 18.6. The van der Waals surface area contributed by atoms with E-state index < -0.39 is 23.1 Å². The fourth-order valence-electron chi connectivity index (χ4n) is 14.7. The van der Waals surface area contributed by atoms with Crippen LogP contribution < -0.4 is 18.9 Å². The summed E-state index contributed by atoms with van der Waals surface area (Å²) in [7, 11) is 8.53. The summed E-state index contributed by atoms with van der Waals surface area (Å²) in [5.41, 5.74) is 8.00. The Labute approximate surface area is 482 Å². The van der Waals surface area contributed by atoms with Gasteiger partial charge >= 0.3 is 17.9 Å². The third-order valence-electron chi connectivity index (χ3n) is 18.3. The highest BCUT2D eigenvalue weighted by atomic mass is 16.6. The summed E-state index contributed by atoms with van der Waals surface area (Å²) in [5, 5.41) is 11.9. The Morgan fingerprint density at radius 3 is 2.00 bits per heavy atom. The second-order valence-corrected chi connectivity index (χ2v) is 25.0. The van der Waals surface area contributed by atoms with Crippen molar-refractivity contribution < 1.29 is 43.2 Å². The topological polar surface area (TPSA) is 135 Å². The predicted molar refractivity (Wildman–Crippen MR) is 321 cm³/mol. The molecule has 434 valence electrons. The number of carbonyl (C=O) groups is 4. The van der Waals surface area contributed by atoms with Crippen LogP contribution in [0, 0.1) is 11.8 Å². The first-order chi connectivity index (χ1) is 38.6. The van der Waals surface area contributed by atoms with Gasteiger partial charge in [0.05, 0.1) is 11.0 Å². The maximum atomic E-state index is 12.9. The second kappa shape index (κ2) is 25.9. The Morgan fingerprint density at radius 1 is 0.753 bits per heavy atom. The summed E-state index contributed by atoms with van der Waals surface area (Å²) >= 11 is 0. The van der Waals surface area contributed by atoms with Gasteiger partial charge in [0, 0.05) is 54.3 Å². The number of allylic oxidation sites excluding steroid dienone is 9. The van der Waals surface area contributed by atoms with Gasteiger partial charge in [0.1, 0.15) is 11.5 Å². The number of carbonyl (C=O) groups excluding carboxylic acids is 4. The van der Waals surface area contributed by atoms with Crippen LogP contribution in [0.1, 0.15) is 147 Å². The molecule has 4 bridgehead atoms. The zero-order valence-electron chi connectivity index (χ0n) is 50.3. The van der Waals surface area contributed by atoms with Gasteiger partial charge in [-0.1, -0.05) is 104 Å². The van der Waals surface area contributed by atoms with E-state index in [4.69, 9.17) is 18.9 Å². The van der Waals surface area contributed by atoms with E-state index in [9.17, 15) is 24.3 Å². The molecule has 12 nitrogen and oxygen atoms in total. The highest BCUT2D eigenvalue weighted by molar-refractivity contribution is 5.91. The first-order valence-electron chi connectivity index (χ1n) is 29.6. The average Bonchev–Trinajstić information content (AvgIpc) is 2.43. The van der Waals surface area contributed by atoms with Crippen molar-refractivity contribution in [2.24, 2.45) is 11.8 Å². The van der Waals surface area contributed by atoms with Crippen molar-refractivity contribution in [3.63, 3.8) is 0 Å². The number of ketones is 1. The molecule has 0 aromatic heterocycles. The number of rotatable bonds is 14. The van der Waals surface area contributed by atoms with E-state index in [1.165, 1.54) is 73.6 Å². The van der Waals surface area contributed by atoms with Crippen molar-refractivity contribution in [1.82, 2.24) is 14.7 Å². The maximum absolute atomic E-state index is 12.9. The monoisotopic (exact) mass is 1100 g/mol. The normalized spacial score (nSPS) is 26.5. The maximum Gasteiger partial charge on any atom is 0.336 e. The van der Waals surface area contributed by atoms with E-state index >= 15 is 0 Å². The fraction of sp³-hybridized carbons (Fsp3) is 0.507. The quantitative estimate of drug-likeness (QED) is 0.0712. The van der Waals surface area contributed by atoms with Crippen LogP contribution in [0.25, 0.3) is 0 Å². The minimum Gasteiger partial charge on any atom is -0.477 e. The standard InChI is InChI=1S/C24H27NO5.C24H31NO2.C21H31NO2/c1-14(2)5-4-6-19(27)29-17-8-7-15-13-18-24(28)10-9-16(26)22-23(24,11-12-25(18)3)20(15)21(17)30-22;1-17(2)7-6-9-23(26)27-19-11-10-18-15-22-20-8-4-5-12-24(20,21(18)16-19)13-14-25(22)3;1-7-20(17(4)15-22(5)6)18-11-9-12-19(14-18)24-21(23)13-8-10-16(2)3/h4-8,18,22,28H,9-13H2,1-3H3;6-7,9-11,16,20,22H,4-5,8,12-15H2,1-3H3;8-14,17,20H,7,15H2,1-6H3/b6-4+;9-6+;13-8+/t18-,22+,23-,24-;20-,22+,24+;17-,20+/m111/s1. The molecule has 2 saturated carbocycles. The molecule has 3 aliphatic heterocycles. The first-order valence-corrected chi connectivity index (χ1v) is 29.6. The molecule has 4 fully saturated rings. The molecule has 4 aliphatic carbocycles. The molecule has 7 aliphatic rings. The zero-order chi connectivity index (χ0) is 58.4. The lowest BCUT2D eigenvalue weighted by molar-refractivity contribution is -0.185. The Bertz CT molecular complexity index is 3010. The van der Waals surface area contributed by atoms with E-state index in [-0.39, 0.29) is 23.8 Å². The third-order valence-corrected chi connectivity index (χ3v) is 18.3. The van der Waals surface area contributed by atoms with Crippen molar-refractivity contribution >= 4 is 23.7 Å². The first kappa shape index (κ1) is 60.9. The van der Waals surface area contributed by atoms with E-state index in [2.05, 4.69) is 67.9 Å². The Balaban J connectivity index is 0.000000161. The summed E-state index contributed by atoms with van der Waals surface area (Å²) in [6.07, 6.45) is 25.2. The van der Waals surface area contributed by atoms with Gasteiger partial charge in [0.2, 0.25) is 0 Å². The Kier molecular flexibility index (Phi) is 19.5. The lowest BCUT2D eigenvalue weighted by atomic mass is 9.49. The number of Topliss-reactive ketones (excluding diaryl/α,β-unsaturated/α-hetero) is 1. The van der Waals surface area contributed by atoms with Crippen molar-refractivity contribution in [2.45, 2.75) is 167 Å². The molecule has 1 spiro atoms. The third kappa shape index (κ3) is 13.0. The highest BCUT2D eigenvalue weighted by Crippen LogP contribution is 2.65. The molecule has 3 aromatic carbocycles. The number of likely N-dealkylation sites (tertiary alicyclic amines) is 2. The van der Waals surface area contributed by atoms with Crippen molar-refractivity contribution in [3.8, 4) is 23.0 Å². The molecule has 12 heteroatoms. The summed E-state index contributed by atoms with van der Waals surface area (Å²) in [5.74, 6) is 2.68. The van der Waals surface area contributed by atoms with Crippen LogP contribution in [0.2, 0.25) is 0 Å². The van der Waals surface area contributed by atoms with Crippen LogP contribution in [0.4, 0.5) is 0 Å². The van der Waals surface area contributed by atoms with Gasteiger partial charge in [-0.3, -0.25) is 4.79 Å². The molecular formula is C69H89N3O9. The molecule has 9 atom stereocenters. The van der Waals surface area contributed by atoms with Gasteiger partial charge < -0.3 is 38.8 Å². The molecule has 0 radical (unpaired) electrons. The van der Waals surface area contributed by atoms with Crippen LogP contribution >= 0.6 is 0 Å². The zero-order valence-corrected chi connectivity index (χ0v) is 50.3. The SMILES string of the molecule is CC(C)=C/C=C/C(=O)Oc1ccc2c(c1)[C@]13CCCC[C@@H]1[C@H](C2)N(C)CC3.CC(C)=C/C=C/C(=O)Oc1ccc2c3c1O[C@H]1C(=O)CC[C@@]4(O)[C@@H](C2)N(C)CC[C@@]314.CC[C@H](c1cccc(OC(=O)/C=C/C=C(C)C)c1)[C@H](C)CN(C)C. The molecule has 3 aromatic rings.